The lowest BCUT2D eigenvalue weighted by Gasteiger charge is -2.20. The fourth-order valence-electron chi connectivity index (χ4n) is 1.92. The molecule has 0 bridgehead atoms. The molecule has 0 aliphatic carbocycles. The Bertz CT molecular complexity index is 395. The zero-order valence-corrected chi connectivity index (χ0v) is 12.1. The Balaban J connectivity index is 1.84. The van der Waals surface area contributed by atoms with Gasteiger partial charge in [0.2, 0.25) is 5.88 Å². The van der Waals surface area contributed by atoms with E-state index in [0.29, 0.717) is 18.4 Å². The number of nitrogens with one attached hydrogen (secondary N) is 1. The summed E-state index contributed by atoms with van der Waals surface area (Å²) in [6, 6.07) is 4.03. The second kappa shape index (κ2) is 6.35. The quantitative estimate of drug-likeness (QED) is 0.887. The summed E-state index contributed by atoms with van der Waals surface area (Å²) in [4.78, 5) is 4.25. The van der Waals surface area contributed by atoms with Gasteiger partial charge in [0.1, 0.15) is 0 Å². The zero-order chi connectivity index (χ0) is 13.7. The Kier molecular flexibility index (Phi) is 4.77. The molecular weight excluding hydrogens is 240 g/mol. The van der Waals surface area contributed by atoms with Crippen LogP contribution in [0.5, 0.6) is 5.88 Å². The molecule has 0 radical (unpaired) electrons. The van der Waals surface area contributed by atoms with Gasteiger partial charge in [0.15, 0.2) is 0 Å². The molecule has 0 spiro atoms. The standard InChI is InChI=1S/C15H24N2O2/c1-15(2,3)17-9-12-4-6-16-14(8-12)19-11-13-5-7-18-10-13/h4,6,8,13,17H,5,7,9-11H2,1-3H3. The molecule has 19 heavy (non-hydrogen) atoms. The molecule has 4 heteroatoms. The molecule has 1 aromatic heterocycles. The molecule has 1 aliphatic rings. The van der Waals surface area contributed by atoms with Crippen molar-refractivity contribution in [3.05, 3.63) is 23.9 Å². The van der Waals surface area contributed by atoms with Gasteiger partial charge in [-0.3, -0.25) is 0 Å². The van der Waals surface area contributed by atoms with Gasteiger partial charge in [-0.25, -0.2) is 4.98 Å². The van der Waals surface area contributed by atoms with Gasteiger partial charge in [0, 0.05) is 36.9 Å². The first-order chi connectivity index (χ1) is 9.03. The molecule has 0 aromatic carbocycles. The van der Waals surface area contributed by atoms with Gasteiger partial charge >= 0.3 is 0 Å². The number of pyridine rings is 1. The number of hydrogen-bond donors (Lipinski definition) is 1. The first kappa shape index (κ1) is 14.3. The van der Waals surface area contributed by atoms with Crippen LogP contribution in [0.15, 0.2) is 18.3 Å². The van der Waals surface area contributed by atoms with Crippen molar-refractivity contribution in [3.8, 4) is 5.88 Å². The molecule has 1 fully saturated rings. The lowest BCUT2D eigenvalue weighted by atomic mass is 10.1. The molecule has 4 nitrogen and oxygen atoms in total. The van der Waals surface area contributed by atoms with Crippen LogP contribution in [-0.2, 0) is 11.3 Å². The number of hydrogen-bond acceptors (Lipinski definition) is 4. The van der Waals surface area contributed by atoms with E-state index in [9.17, 15) is 0 Å². The molecule has 2 heterocycles. The third-order valence-electron chi connectivity index (χ3n) is 3.11. The maximum Gasteiger partial charge on any atom is 0.213 e. The molecule has 1 saturated heterocycles. The van der Waals surface area contributed by atoms with Gasteiger partial charge in [-0.15, -0.1) is 0 Å². The van der Waals surface area contributed by atoms with Crippen molar-refractivity contribution in [2.45, 2.75) is 39.3 Å². The maximum absolute atomic E-state index is 5.74. The molecule has 1 aromatic rings. The summed E-state index contributed by atoms with van der Waals surface area (Å²) in [6.07, 6.45) is 2.89. The van der Waals surface area contributed by atoms with E-state index in [2.05, 4.69) is 31.1 Å². The highest BCUT2D eigenvalue weighted by atomic mass is 16.5. The number of nitrogens with zero attached hydrogens (tertiary/aromatic N) is 1. The molecule has 1 unspecified atom stereocenters. The third kappa shape index (κ3) is 5.17. The molecule has 1 N–H and O–H groups in total. The number of ether oxygens (including phenoxy) is 2. The summed E-state index contributed by atoms with van der Waals surface area (Å²) < 4.78 is 11.1. The highest BCUT2D eigenvalue weighted by molar-refractivity contribution is 5.20. The van der Waals surface area contributed by atoms with Crippen molar-refractivity contribution in [2.24, 2.45) is 5.92 Å². The van der Waals surface area contributed by atoms with Crippen molar-refractivity contribution in [1.29, 1.82) is 0 Å². The van der Waals surface area contributed by atoms with E-state index in [4.69, 9.17) is 9.47 Å². The van der Waals surface area contributed by atoms with E-state index in [-0.39, 0.29) is 5.54 Å². The van der Waals surface area contributed by atoms with Crippen molar-refractivity contribution >= 4 is 0 Å². The van der Waals surface area contributed by atoms with Crippen LogP contribution in [0.4, 0.5) is 0 Å². The minimum absolute atomic E-state index is 0.117. The van der Waals surface area contributed by atoms with Gasteiger partial charge in [-0.2, -0.15) is 0 Å². The van der Waals surface area contributed by atoms with Crippen LogP contribution >= 0.6 is 0 Å². The topological polar surface area (TPSA) is 43.4 Å². The van der Waals surface area contributed by atoms with E-state index in [1.54, 1.807) is 6.20 Å². The number of aromatic nitrogens is 1. The average molecular weight is 264 g/mol. The zero-order valence-electron chi connectivity index (χ0n) is 12.1. The van der Waals surface area contributed by atoms with Crippen LogP contribution < -0.4 is 10.1 Å². The Morgan fingerprint density at radius 2 is 2.32 bits per heavy atom. The normalized spacial score (nSPS) is 19.6. The Hall–Kier alpha value is -1.13. The van der Waals surface area contributed by atoms with E-state index in [1.807, 2.05) is 12.1 Å². The number of rotatable bonds is 5. The summed E-state index contributed by atoms with van der Waals surface area (Å²) in [7, 11) is 0. The fraction of sp³-hybridized carbons (Fsp3) is 0.667. The van der Waals surface area contributed by atoms with E-state index < -0.39 is 0 Å². The SMILES string of the molecule is CC(C)(C)NCc1ccnc(OCC2CCOC2)c1. The minimum atomic E-state index is 0.117. The van der Waals surface area contributed by atoms with Gasteiger partial charge < -0.3 is 14.8 Å². The molecule has 1 atom stereocenters. The van der Waals surface area contributed by atoms with Crippen molar-refractivity contribution in [2.75, 3.05) is 19.8 Å². The molecule has 2 rings (SSSR count). The van der Waals surface area contributed by atoms with Crippen LogP contribution in [0.25, 0.3) is 0 Å². The molecular formula is C15H24N2O2. The van der Waals surface area contributed by atoms with E-state index in [1.165, 1.54) is 5.56 Å². The summed E-state index contributed by atoms with van der Waals surface area (Å²) in [5.74, 6) is 1.22. The van der Waals surface area contributed by atoms with Crippen molar-refractivity contribution in [3.63, 3.8) is 0 Å². The van der Waals surface area contributed by atoms with Crippen molar-refractivity contribution in [1.82, 2.24) is 10.3 Å². The second-order valence-electron chi connectivity index (χ2n) is 6.15. The van der Waals surface area contributed by atoms with E-state index in [0.717, 1.165) is 26.2 Å². The molecule has 0 saturated carbocycles. The minimum Gasteiger partial charge on any atom is -0.477 e. The third-order valence-corrected chi connectivity index (χ3v) is 3.11. The van der Waals surface area contributed by atoms with E-state index >= 15 is 0 Å². The van der Waals surface area contributed by atoms with Crippen LogP contribution in [0.2, 0.25) is 0 Å². The lowest BCUT2D eigenvalue weighted by molar-refractivity contribution is 0.165. The smallest absolute Gasteiger partial charge is 0.213 e. The highest BCUT2D eigenvalue weighted by Crippen LogP contribution is 2.16. The van der Waals surface area contributed by atoms with Crippen LogP contribution in [0, 0.1) is 5.92 Å². The molecule has 1 aliphatic heterocycles. The summed E-state index contributed by atoms with van der Waals surface area (Å²) in [6.45, 7) is 9.67. The lowest BCUT2D eigenvalue weighted by Crippen LogP contribution is -2.35. The maximum atomic E-state index is 5.74. The fourth-order valence-corrected chi connectivity index (χ4v) is 1.92. The van der Waals surface area contributed by atoms with Crippen LogP contribution in [-0.4, -0.2) is 30.3 Å². The van der Waals surface area contributed by atoms with Crippen molar-refractivity contribution < 1.29 is 9.47 Å². The largest absolute Gasteiger partial charge is 0.477 e. The summed E-state index contributed by atoms with van der Waals surface area (Å²) >= 11 is 0. The first-order valence-electron chi connectivity index (χ1n) is 6.93. The first-order valence-corrected chi connectivity index (χ1v) is 6.93. The van der Waals surface area contributed by atoms with Gasteiger partial charge in [0.05, 0.1) is 13.2 Å². The predicted octanol–water partition coefficient (Wildman–Crippen LogP) is 2.39. The van der Waals surface area contributed by atoms with Gasteiger partial charge in [-0.05, 0) is 38.8 Å². The Morgan fingerprint density at radius 1 is 1.47 bits per heavy atom. The van der Waals surface area contributed by atoms with Crippen LogP contribution in [0.3, 0.4) is 0 Å². The molecule has 0 amide bonds. The second-order valence-corrected chi connectivity index (χ2v) is 6.15. The van der Waals surface area contributed by atoms with Gasteiger partial charge in [-0.1, -0.05) is 0 Å². The average Bonchev–Trinajstić information content (AvgIpc) is 2.87. The Morgan fingerprint density at radius 3 is 3.00 bits per heavy atom. The summed E-state index contributed by atoms with van der Waals surface area (Å²) in [5, 5.41) is 3.46. The predicted molar refractivity (Wildman–Crippen MR) is 75.3 cm³/mol. The monoisotopic (exact) mass is 264 g/mol. The van der Waals surface area contributed by atoms with Gasteiger partial charge in [0.25, 0.3) is 0 Å². The Labute approximate surface area is 115 Å². The highest BCUT2D eigenvalue weighted by Gasteiger charge is 2.16. The van der Waals surface area contributed by atoms with Crippen LogP contribution in [0.1, 0.15) is 32.8 Å². The molecule has 106 valence electrons. The summed E-state index contributed by atoms with van der Waals surface area (Å²) in [5.41, 5.74) is 1.31.